The summed E-state index contributed by atoms with van der Waals surface area (Å²) in [6, 6.07) is 0. The highest BCUT2D eigenvalue weighted by atomic mass is 31.7. The van der Waals surface area contributed by atoms with Gasteiger partial charge >= 0.3 is 0 Å². The van der Waals surface area contributed by atoms with Crippen LogP contribution in [0.3, 0.4) is 0 Å². The minimum atomic E-state index is 1.32. The first-order chi connectivity index (χ1) is 6.00. The normalized spacial score (nSPS) is 32.0. The second kappa shape index (κ2) is 6.98. The summed E-state index contributed by atoms with van der Waals surface area (Å²) in [6.45, 7) is 0. The number of hydrogen-bond acceptors (Lipinski definition) is 0. The molecule has 0 N–H and O–H groups in total. The van der Waals surface area contributed by atoms with Crippen molar-refractivity contribution in [1.82, 2.24) is 0 Å². The summed E-state index contributed by atoms with van der Waals surface area (Å²) in [4.78, 5) is 0. The lowest BCUT2D eigenvalue weighted by molar-refractivity contribution is 1.87. The molecule has 0 amide bonds. The lowest BCUT2D eigenvalue weighted by Crippen LogP contribution is -1.50. The first-order valence-corrected chi connectivity index (χ1v) is 6.35. The Hall–Kier alpha value is -0.700. The van der Waals surface area contributed by atoms with Crippen LogP contribution in [0.5, 0.6) is 0 Å². The quantitative estimate of drug-likeness (QED) is 0.495. The van der Waals surface area contributed by atoms with Gasteiger partial charge in [-0.2, -0.15) is 0 Å². The molecule has 0 saturated carbocycles. The lowest BCUT2D eigenvalue weighted by Gasteiger charge is -1.76. The third-order valence-corrected chi connectivity index (χ3v) is 3.09. The number of allylic oxidation sites excluding steroid dienone is 8. The van der Waals surface area contributed by atoms with Gasteiger partial charge in [0, 0.05) is 0 Å². The van der Waals surface area contributed by atoms with E-state index in [1.807, 2.05) is 36.5 Å². The van der Waals surface area contributed by atoms with Crippen molar-refractivity contribution in [3.05, 3.63) is 60.2 Å². The average molecular weight is 192 g/mol. The van der Waals surface area contributed by atoms with E-state index in [0.29, 0.717) is 0 Å². The van der Waals surface area contributed by atoms with Gasteiger partial charge in [0.05, 0.1) is 0 Å². The molecule has 1 aliphatic rings. The van der Waals surface area contributed by atoms with E-state index in [2.05, 4.69) is 23.8 Å². The molecule has 0 aromatic heterocycles. The highest BCUT2D eigenvalue weighted by Gasteiger charge is 1.66. The zero-order valence-corrected chi connectivity index (χ0v) is 8.46. The van der Waals surface area contributed by atoms with E-state index in [1.165, 1.54) is 15.7 Å². The van der Waals surface area contributed by atoms with Crippen molar-refractivity contribution in [3.63, 3.8) is 0 Å². The van der Waals surface area contributed by atoms with Crippen LogP contribution in [-0.2, 0) is 0 Å². The van der Waals surface area contributed by atoms with Crippen molar-refractivity contribution >= 4 is 15.7 Å². The molecule has 1 rings (SSSR count). The summed E-state index contributed by atoms with van der Waals surface area (Å²) in [5.41, 5.74) is 0. The van der Waals surface area contributed by atoms with Crippen LogP contribution in [0.1, 0.15) is 0 Å². The van der Waals surface area contributed by atoms with E-state index >= 15 is 0 Å². The van der Waals surface area contributed by atoms with Gasteiger partial charge in [-0.15, -0.1) is 0 Å². The minimum Gasteiger partial charge on any atom is -0.0623 e. The zero-order chi connectivity index (χ0) is 8.49. The minimum absolute atomic E-state index is 1.32. The van der Waals surface area contributed by atoms with E-state index in [-0.39, 0.29) is 0 Å². The first kappa shape index (κ1) is 9.39. The van der Waals surface area contributed by atoms with Gasteiger partial charge in [0.1, 0.15) is 0 Å². The molecule has 0 atom stereocenters. The van der Waals surface area contributed by atoms with Gasteiger partial charge in [0.2, 0.25) is 0 Å². The van der Waals surface area contributed by atoms with Crippen LogP contribution in [0.2, 0.25) is 0 Å². The molecule has 12 heavy (non-hydrogen) atoms. The zero-order valence-electron chi connectivity index (χ0n) is 6.67. The van der Waals surface area contributed by atoms with Crippen LogP contribution >= 0.6 is 15.7 Å². The van der Waals surface area contributed by atoms with Crippen LogP contribution < -0.4 is 0 Å². The summed E-state index contributed by atoms with van der Waals surface area (Å²) >= 11 is 0. The number of hydrogen-bond donors (Lipinski definition) is 0. The van der Waals surface area contributed by atoms with Crippen molar-refractivity contribution in [3.8, 4) is 0 Å². The van der Waals surface area contributed by atoms with Crippen LogP contribution in [0, 0.1) is 0 Å². The van der Waals surface area contributed by atoms with Gasteiger partial charge < -0.3 is 0 Å². The summed E-state index contributed by atoms with van der Waals surface area (Å²) in [7, 11) is 2.64. The van der Waals surface area contributed by atoms with Gasteiger partial charge in [-0.1, -0.05) is 48.6 Å². The van der Waals surface area contributed by atoms with E-state index < -0.39 is 0 Å². The molecule has 0 aromatic carbocycles. The van der Waals surface area contributed by atoms with Gasteiger partial charge in [0.15, 0.2) is 0 Å². The maximum atomic E-state index is 2.14. The fourth-order valence-electron chi connectivity index (χ4n) is 0.638. The highest BCUT2D eigenvalue weighted by Crippen LogP contribution is 2.18. The Bertz CT molecular complexity index is 177. The molecule has 0 aromatic rings. The highest BCUT2D eigenvalue weighted by molar-refractivity contribution is 7.86. The molecule has 0 radical (unpaired) electrons. The molecule has 0 nitrogen and oxygen atoms in total. The Morgan fingerprint density at radius 2 is 0.750 bits per heavy atom. The van der Waals surface area contributed by atoms with Crippen LogP contribution in [-0.4, -0.2) is 0 Å². The fraction of sp³-hybridized carbons (Fsp3) is 0. The van der Waals surface area contributed by atoms with E-state index in [0.717, 1.165) is 0 Å². The Morgan fingerprint density at radius 3 is 1.17 bits per heavy atom. The topological polar surface area (TPSA) is 0 Å². The maximum absolute atomic E-state index is 2.14. The monoisotopic (exact) mass is 192 g/mol. The van der Waals surface area contributed by atoms with E-state index in [1.54, 1.807) is 0 Å². The van der Waals surface area contributed by atoms with E-state index in [4.69, 9.17) is 0 Å². The SMILES string of the molecule is C1=C\C=C/C=C\P=P/C=C\C=C/1. The molecule has 0 fully saturated rings. The molecule has 0 unspecified atom stereocenters. The fourth-order valence-corrected chi connectivity index (χ4v) is 2.07. The van der Waals surface area contributed by atoms with Gasteiger partial charge in [-0.25, -0.2) is 0 Å². The van der Waals surface area contributed by atoms with Gasteiger partial charge in [0.25, 0.3) is 0 Å². The molecule has 1 heterocycles. The maximum Gasteiger partial charge on any atom is -0.0301 e. The lowest BCUT2D eigenvalue weighted by atomic mass is 10.4. The molecule has 0 saturated heterocycles. The van der Waals surface area contributed by atoms with E-state index in [9.17, 15) is 0 Å². The summed E-state index contributed by atoms with van der Waals surface area (Å²) in [5, 5.41) is 0. The average Bonchev–Trinajstić information content (AvgIpc) is 2.05. The Balaban J connectivity index is 2.67. The molecular formula is C10H10P2. The van der Waals surface area contributed by atoms with Crippen LogP contribution in [0.25, 0.3) is 0 Å². The predicted molar refractivity (Wildman–Crippen MR) is 59.5 cm³/mol. The van der Waals surface area contributed by atoms with Crippen molar-refractivity contribution in [2.24, 2.45) is 0 Å². The predicted octanol–water partition coefficient (Wildman–Crippen LogP) is 4.50. The van der Waals surface area contributed by atoms with Crippen LogP contribution in [0.4, 0.5) is 0 Å². The Morgan fingerprint density at radius 1 is 0.417 bits per heavy atom. The van der Waals surface area contributed by atoms with Gasteiger partial charge in [-0.3, -0.25) is 0 Å². The third-order valence-electron chi connectivity index (χ3n) is 1.15. The standard InChI is InChI=1S/C10H10P2/c1-2-4-6-8-10-12-11-9-7-5-3-1/h1-10H/b2-1-,3-1?,4-2?,5-3-,6-4-,7-5?,8-6?,9-7-,10-8-. The molecule has 0 aliphatic carbocycles. The Labute approximate surface area is 76.5 Å². The second-order valence-electron chi connectivity index (χ2n) is 2.07. The molecule has 1 aliphatic heterocycles. The largest absolute Gasteiger partial charge is 0.0623 e. The molecule has 0 spiro atoms. The van der Waals surface area contributed by atoms with Crippen molar-refractivity contribution in [2.75, 3.05) is 0 Å². The van der Waals surface area contributed by atoms with Crippen LogP contribution in [0.15, 0.2) is 60.2 Å². The summed E-state index contributed by atoms with van der Waals surface area (Å²) in [5.74, 6) is 4.28. The summed E-state index contributed by atoms with van der Waals surface area (Å²) < 4.78 is 0. The van der Waals surface area contributed by atoms with Crippen molar-refractivity contribution < 1.29 is 0 Å². The molecule has 2 heteroatoms. The smallest absolute Gasteiger partial charge is 0.0301 e. The third kappa shape index (κ3) is 5.02. The molecular weight excluding hydrogens is 182 g/mol. The first-order valence-electron chi connectivity index (χ1n) is 3.72. The Kier molecular flexibility index (Phi) is 5.46. The second-order valence-corrected chi connectivity index (χ2v) is 4.51. The van der Waals surface area contributed by atoms with Crippen molar-refractivity contribution in [1.29, 1.82) is 0 Å². The van der Waals surface area contributed by atoms with Gasteiger partial charge in [-0.05, 0) is 27.4 Å². The number of rotatable bonds is 0. The molecule has 60 valence electrons. The molecule has 0 bridgehead atoms. The summed E-state index contributed by atoms with van der Waals surface area (Å²) in [6.07, 6.45) is 16.3. The van der Waals surface area contributed by atoms with Crippen molar-refractivity contribution in [2.45, 2.75) is 0 Å².